The van der Waals surface area contributed by atoms with Crippen LogP contribution in [0, 0.1) is 0 Å². The average molecular weight is 258 g/mol. The van der Waals surface area contributed by atoms with E-state index in [9.17, 15) is 0 Å². The van der Waals surface area contributed by atoms with Crippen molar-refractivity contribution in [3.05, 3.63) is 12.4 Å². The SMILES string of the molecule is CC(Cl)CCN(C)c1cncc(OC(C)C)n1. The van der Waals surface area contributed by atoms with Gasteiger partial charge in [0.25, 0.3) is 0 Å². The number of alkyl halides is 1. The fourth-order valence-corrected chi connectivity index (χ4v) is 1.40. The summed E-state index contributed by atoms with van der Waals surface area (Å²) in [7, 11) is 1.97. The standard InChI is InChI=1S/C12H20ClN3O/c1-9(2)17-12-8-14-7-11(15-12)16(4)6-5-10(3)13/h7-10H,5-6H2,1-4H3. The molecule has 0 saturated heterocycles. The molecule has 1 aromatic rings. The second-order valence-corrected chi connectivity index (χ2v) is 5.12. The lowest BCUT2D eigenvalue weighted by Crippen LogP contribution is -2.22. The van der Waals surface area contributed by atoms with Crippen LogP contribution in [0.15, 0.2) is 12.4 Å². The van der Waals surface area contributed by atoms with Crippen LogP contribution in [-0.2, 0) is 0 Å². The topological polar surface area (TPSA) is 38.2 Å². The zero-order valence-corrected chi connectivity index (χ0v) is 11.6. The lowest BCUT2D eigenvalue weighted by Gasteiger charge is -2.19. The molecule has 5 heteroatoms. The van der Waals surface area contributed by atoms with Crippen molar-refractivity contribution < 1.29 is 4.74 Å². The average Bonchev–Trinajstić information content (AvgIpc) is 2.25. The first-order valence-electron chi connectivity index (χ1n) is 5.83. The van der Waals surface area contributed by atoms with Crippen molar-refractivity contribution in [2.45, 2.75) is 38.7 Å². The summed E-state index contributed by atoms with van der Waals surface area (Å²) in [6.07, 6.45) is 4.37. The molecule has 1 rings (SSSR count). The zero-order valence-electron chi connectivity index (χ0n) is 10.9. The van der Waals surface area contributed by atoms with E-state index in [1.807, 2.05) is 32.7 Å². The highest BCUT2D eigenvalue weighted by Crippen LogP contribution is 2.14. The van der Waals surface area contributed by atoms with Crippen LogP contribution in [0.1, 0.15) is 27.2 Å². The third kappa shape index (κ3) is 5.22. The molecule has 1 heterocycles. The summed E-state index contributed by atoms with van der Waals surface area (Å²) in [6.45, 7) is 6.77. The Balaban J connectivity index is 2.63. The van der Waals surface area contributed by atoms with E-state index >= 15 is 0 Å². The Labute approximate surface area is 108 Å². The first-order valence-corrected chi connectivity index (χ1v) is 6.26. The molecular weight excluding hydrogens is 238 g/mol. The number of nitrogens with zero attached hydrogens (tertiary/aromatic N) is 3. The van der Waals surface area contributed by atoms with Gasteiger partial charge in [-0.1, -0.05) is 0 Å². The molecule has 0 saturated carbocycles. The van der Waals surface area contributed by atoms with Gasteiger partial charge in [0.2, 0.25) is 5.88 Å². The van der Waals surface area contributed by atoms with E-state index in [1.54, 1.807) is 12.4 Å². The number of rotatable bonds is 6. The Hall–Kier alpha value is -1.03. The summed E-state index contributed by atoms with van der Waals surface area (Å²) in [5, 5.41) is 0.167. The van der Waals surface area contributed by atoms with Crippen LogP contribution < -0.4 is 9.64 Å². The van der Waals surface area contributed by atoms with Gasteiger partial charge in [-0.3, -0.25) is 4.98 Å². The molecular formula is C12H20ClN3O. The maximum atomic E-state index is 5.92. The fraction of sp³-hybridized carbons (Fsp3) is 0.667. The Kier molecular flexibility index (Phi) is 5.48. The van der Waals surface area contributed by atoms with Crippen molar-refractivity contribution >= 4 is 17.4 Å². The minimum atomic E-state index is 0.104. The van der Waals surface area contributed by atoms with Gasteiger partial charge in [0, 0.05) is 19.0 Å². The molecule has 0 fully saturated rings. The normalized spacial score (nSPS) is 12.6. The molecule has 96 valence electrons. The lowest BCUT2D eigenvalue weighted by molar-refractivity contribution is 0.231. The smallest absolute Gasteiger partial charge is 0.234 e. The van der Waals surface area contributed by atoms with E-state index in [2.05, 4.69) is 9.97 Å². The first kappa shape index (κ1) is 14.0. The largest absolute Gasteiger partial charge is 0.474 e. The van der Waals surface area contributed by atoms with Crippen LogP contribution in [0.4, 0.5) is 5.82 Å². The number of hydrogen-bond acceptors (Lipinski definition) is 4. The molecule has 0 aliphatic rings. The van der Waals surface area contributed by atoms with Crippen LogP contribution in [0.3, 0.4) is 0 Å². The summed E-state index contributed by atoms with van der Waals surface area (Å²) in [6, 6.07) is 0. The molecule has 0 bridgehead atoms. The van der Waals surface area contributed by atoms with Crippen molar-refractivity contribution in [2.75, 3.05) is 18.5 Å². The number of halogens is 1. The minimum absolute atomic E-state index is 0.104. The van der Waals surface area contributed by atoms with E-state index in [0.29, 0.717) is 5.88 Å². The lowest BCUT2D eigenvalue weighted by atomic mass is 10.3. The van der Waals surface area contributed by atoms with Crippen LogP contribution in [0.25, 0.3) is 0 Å². The van der Waals surface area contributed by atoms with E-state index in [0.717, 1.165) is 18.8 Å². The maximum Gasteiger partial charge on any atom is 0.234 e. The number of aromatic nitrogens is 2. The van der Waals surface area contributed by atoms with Gasteiger partial charge >= 0.3 is 0 Å². The molecule has 0 spiro atoms. The van der Waals surface area contributed by atoms with E-state index in [-0.39, 0.29) is 11.5 Å². The van der Waals surface area contributed by atoms with Gasteiger partial charge in [0.15, 0.2) is 5.82 Å². The summed E-state index contributed by atoms with van der Waals surface area (Å²) in [4.78, 5) is 10.5. The van der Waals surface area contributed by atoms with Gasteiger partial charge in [0.05, 0.1) is 18.5 Å². The van der Waals surface area contributed by atoms with Crippen molar-refractivity contribution in [2.24, 2.45) is 0 Å². The van der Waals surface area contributed by atoms with Crippen LogP contribution >= 0.6 is 11.6 Å². The minimum Gasteiger partial charge on any atom is -0.474 e. The number of ether oxygens (including phenoxy) is 1. The second-order valence-electron chi connectivity index (χ2n) is 4.37. The predicted molar refractivity (Wildman–Crippen MR) is 71.0 cm³/mol. The summed E-state index contributed by atoms with van der Waals surface area (Å²) in [5.41, 5.74) is 0. The van der Waals surface area contributed by atoms with Gasteiger partial charge in [-0.25, -0.2) is 0 Å². The third-order valence-electron chi connectivity index (χ3n) is 2.21. The third-order valence-corrected chi connectivity index (χ3v) is 2.43. The summed E-state index contributed by atoms with van der Waals surface area (Å²) in [5.74, 6) is 1.36. The molecule has 1 unspecified atom stereocenters. The van der Waals surface area contributed by atoms with Crippen molar-refractivity contribution in [1.82, 2.24) is 9.97 Å². The molecule has 0 aliphatic carbocycles. The fourth-order valence-electron chi connectivity index (χ4n) is 1.31. The number of anilines is 1. The second kappa shape index (κ2) is 6.64. The molecule has 0 N–H and O–H groups in total. The molecule has 4 nitrogen and oxygen atoms in total. The molecule has 1 atom stereocenters. The van der Waals surface area contributed by atoms with Gasteiger partial charge in [-0.2, -0.15) is 4.98 Å². The van der Waals surface area contributed by atoms with E-state index in [1.165, 1.54) is 0 Å². The van der Waals surface area contributed by atoms with Crippen LogP contribution in [0.2, 0.25) is 0 Å². The highest BCUT2D eigenvalue weighted by Gasteiger charge is 2.07. The maximum absolute atomic E-state index is 5.92. The van der Waals surface area contributed by atoms with Crippen molar-refractivity contribution in [3.8, 4) is 5.88 Å². The highest BCUT2D eigenvalue weighted by molar-refractivity contribution is 6.20. The monoisotopic (exact) mass is 257 g/mol. The molecule has 0 aromatic carbocycles. The first-order chi connectivity index (χ1) is 7.99. The summed E-state index contributed by atoms with van der Waals surface area (Å²) < 4.78 is 5.50. The Morgan fingerprint density at radius 1 is 1.35 bits per heavy atom. The summed E-state index contributed by atoms with van der Waals surface area (Å²) >= 11 is 5.92. The van der Waals surface area contributed by atoms with Gasteiger partial charge in [0.1, 0.15) is 0 Å². The van der Waals surface area contributed by atoms with Gasteiger partial charge in [-0.15, -0.1) is 11.6 Å². The zero-order chi connectivity index (χ0) is 12.8. The van der Waals surface area contributed by atoms with Crippen molar-refractivity contribution in [1.29, 1.82) is 0 Å². The van der Waals surface area contributed by atoms with E-state index in [4.69, 9.17) is 16.3 Å². The molecule has 0 aliphatic heterocycles. The molecule has 0 radical (unpaired) electrons. The molecule has 1 aromatic heterocycles. The van der Waals surface area contributed by atoms with E-state index < -0.39 is 0 Å². The van der Waals surface area contributed by atoms with Crippen molar-refractivity contribution in [3.63, 3.8) is 0 Å². The quantitative estimate of drug-likeness (QED) is 0.735. The molecule has 0 amide bonds. The van der Waals surface area contributed by atoms with Crippen LogP contribution in [0.5, 0.6) is 5.88 Å². The predicted octanol–water partition coefficient (Wildman–Crippen LogP) is 2.72. The number of hydrogen-bond donors (Lipinski definition) is 0. The Morgan fingerprint density at radius 2 is 2.06 bits per heavy atom. The highest BCUT2D eigenvalue weighted by atomic mass is 35.5. The Bertz CT molecular complexity index is 344. The van der Waals surface area contributed by atoms with Gasteiger partial charge in [-0.05, 0) is 27.2 Å². The van der Waals surface area contributed by atoms with Gasteiger partial charge < -0.3 is 9.64 Å². The van der Waals surface area contributed by atoms with Crippen LogP contribution in [-0.4, -0.2) is 35.0 Å². The molecule has 17 heavy (non-hydrogen) atoms. The Morgan fingerprint density at radius 3 is 2.65 bits per heavy atom.